The largest absolute Gasteiger partial charge is 0.508 e. The smallest absolute Gasteiger partial charge is 0.191 e. The van der Waals surface area contributed by atoms with Crippen molar-refractivity contribution in [3.8, 4) is 5.75 Å². The average Bonchev–Trinajstić information content (AvgIpc) is 3.16. The van der Waals surface area contributed by atoms with Crippen LogP contribution in [0.25, 0.3) is 22.8 Å². The predicted octanol–water partition coefficient (Wildman–Crippen LogP) is 4.39. The monoisotopic (exact) mass is 357 g/mol. The zero-order valence-corrected chi connectivity index (χ0v) is 15.0. The quantitative estimate of drug-likeness (QED) is 0.327. The Morgan fingerprint density at radius 3 is 2.56 bits per heavy atom. The Hall–Kier alpha value is -3.60. The summed E-state index contributed by atoms with van der Waals surface area (Å²) in [6.07, 6.45) is 5.10. The maximum atomic E-state index is 13.0. The summed E-state index contributed by atoms with van der Waals surface area (Å²) in [6, 6.07) is 14.6. The molecule has 1 N–H and O–H groups in total. The molecule has 134 valence electrons. The van der Waals surface area contributed by atoms with E-state index in [4.69, 9.17) is 0 Å². The normalized spacial score (nSPS) is 11.6. The van der Waals surface area contributed by atoms with E-state index in [0.29, 0.717) is 17.8 Å². The van der Waals surface area contributed by atoms with Gasteiger partial charge in [-0.1, -0.05) is 36.4 Å². The van der Waals surface area contributed by atoms with Gasteiger partial charge in [0.05, 0.1) is 22.3 Å². The van der Waals surface area contributed by atoms with Gasteiger partial charge in [0.2, 0.25) is 0 Å². The highest BCUT2D eigenvalue weighted by Gasteiger charge is 2.21. The third-order valence-electron chi connectivity index (χ3n) is 4.57. The lowest BCUT2D eigenvalue weighted by Gasteiger charge is -2.03. The van der Waals surface area contributed by atoms with E-state index in [1.807, 2.05) is 41.8 Å². The van der Waals surface area contributed by atoms with E-state index in [9.17, 15) is 9.90 Å². The molecule has 2 aromatic carbocycles. The van der Waals surface area contributed by atoms with E-state index < -0.39 is 0 Å². The molecular weight excluding hydrogens is 338 g/mol. The second kappa shape index (κ2) is 6.61. The summed E-state index contributed by atoms with van der Waals surface area (Å²) in [5.41, 5.74) is 4.86. The molecule has 0 aliphatic heterocycles. The summed E-state index contributed by atoms with van der Waals surface area (Å²) in [5.74, 6) is 0.0882. The number of fused-ring (bicyclic) bond motifs is 3. The summed E-state index contributed by atoms with van der Waals surface area (Å²) in [4.78, 5) is 13.0. The molecule has 4 rings (SSSR count). The molecule has 5 heteroatoms. The first-order chi connectivity index (χ1) is 13.1. The molecule has 0 radical (unpaired) electrons. The molecule has 0 aliphatic rings. The molecular formula is C22H19N3O2. The van der Waals surface area contributed by atoms with Crippen LogP contribution in [0.15, 0.2) is 67.3 Å². The second-order valence-corrected chi connectivity index (χ2v) is 6.37. The number of aryl methyl sites for hydroxylation is 1. The van der Waals surface area contributed by atoms with Crippen LogP contribution >= 0.6 is 0 Å². The number of imidazole rings is 1. The second-order valence-electron chi connectivity index (χ2n) is 6.37. The lowest BCUT2D eigenvalue weighted by Crippen LogP contribution is -2.02. The van der Waals surface area contributed by atoms with Crippen LogP contribution in [0.5, 0.6) is 5.75 Å². The fourth-order valence-corrected chi connectivity index (χ4v) is 3.36. The van der Waals surface area contributed by atoms with E-state index in [-0.39, 0.29) is 11.5 Å². The fourth-order valence-electron chi connectivity index (χ4n) is 3.36. The number of hydrogen-bond donors (Lipinski definition) is 1. The van der Waals surface area contributed by atoms with Crippen LogP contribution in [0.2, 0.25) is 0 Å². The molecule has 0 unspecified atom stereocenters. The van der Waals surface area contributed by atoms with Gasteiger partial charge in [0.15, 0.2) is 5.78 Å². The molecule has 0 bridgehead atoms. The van der Waals surface area contributed by atoms with Crippen LogP contribution in [-0.4, -0.2) is 25.1 Å². The highest BCUT2D eigenvalue weighted by molar-refractivity contribution is 6.12. The molecule has 0 spiro atoms. The van der Waals surface area contributed by atoms with Crippen molar-refractivity contribution in [2.75, 3.05) is 0 Å². The van der Waals surface area contributed by atoms with Crippen molar-refractivity contribution in [3.05, 3.63) is 84.1 Å². The molecule has 2 heterocycles. The van der Waals surface area contributed by atoms with Crippen molar-refractivity contribution in [2.45, 2.75) is 13.5 Å². The summed E-state index contributed by atoms with van der Waals surface area (Å²) in [5, 5.41) is 14.0. The number of aromatic hydroxyl groups is 1. The van der Waals surface area contributed by atoms with Crippen molar-refractivity contribution in [3.63, 3.8) is 0 Å². The number of hydrogen-bond acceptors (Lipinski definition) is 3. The van der Waals surface area contributed by atoms with Crippen LogP contribution in [0.3, 0.4) is 0 Å². The zero-order chi connectivity index (χ0) is 19.0. The Bertz CT molecular complexity index is 1190. The SMILES string of the molecule is C=CCn1c2ccccc2n2nc(C)c(C(=O)/C=C/c3ccc(O)cc3)c12. The molecule has 0 amide bonds. The first kappa shape index (κ1) is 16.8. The van der Waals surface area contributed by atoms with Gasteiger partial charge in [-0.3, -0.25) is 4.79 Å². The summed E-state index contributed by atoms with van der Waals surface area (Å²) in [6.45, 7) is 6.28. The molecule has 27 heavy (non-hydrogen) atoms. The number of nitrogens with zero attached hydrogens (tertiary/aromatic N) is 3. The first-order valence-corrected chi connectivity index (χ1v) is 8.69. The van der Waals surface area contributed by atoms with Crippen LogP contribution < -0.4 is 0 Å². The topological polar surface area (TPSA) is 59.5 Å². The minimum Gasteiger partial charge on any atom is -0.508 e. The number of phenols is 1. The maximum absolute atomic E-state index is 13.0. The Balaban J connectivity index is 1.85. The number of para-hydroxylation sites is 2. The van der Waals surface area contributed by atoms with Crippen LogP contribution in [0, 0.1) is 6.92 Å². The van der Waals surface area contributed by atoms with Gasteiger partial charge >= 0.3 is 0 Å². The summed E-state index contributed by atoms with van der Waals surface area (Å²) >= 11 is 0. The average molecular weight is 357 g/mol. The van der Waals surface area contributed by atoms with Crippen molar-refractivity contribution < 1.29 is 9.90 Å². The van der Waals surface area contributed by atoms with E-state index in [1.54, 1.807) is 36.4 Å². The van der Waals surface area contributed by atoms with Crippen LogP contribution in [-0.2, 0) is 6.54 Å². The van der Waals surface area contributed by atoms with Crippen molar-refractivity contribution in [1.29, 1.82) is 0 Å². The van der Waals surface area contributed by atoms with Gasteiger partial charge in [0.25, 0.3) is 0 Å². The van der Waals surface area contributed by atoms with Gasteiger partial charge in [0.1, 0.15) is 11.4 Å². The van der Waals surface area contributed by atoms with Crippen molar-refractivity contribution in [1.82, 2.24) is 14.2 Å². The van der Waals surface area contributed by atoms with E-state index in [2.05, 4.69) is 16.2 Å². The number of carbonyl (C=O) groups is 1. The molecule has 4 aromatic rings. The number of ketones is 1. The number of benzene rings is 2. The number of aromatic nitrogens is 3. The third-order valence-corrected chi connectivity index (χ3v) is 4.57. The highest BCUT2D eigenvalue weighted by Crippen LogP contribution is 2.26. The summed E-state index contributed by atoms with van der Waals surface area (Å²) in [7, 11) is 0. The van der Waals surface area contributed by atoms with E-state index in [1.165, 1.54) is 0 Å². The van der Waals surface area contributed by atoms with Gasteiger partial charge in [-0.15, -0.1) is 6.58 Å². The standard InChI is InChI=1S/C22H19N3O2/c1-3-14-24-18-6-4-5-7-19(18)25-22(24)21(15(2)23-25)20(27)13-10-16-8-11-17(26)12-9-16/h3-13,26H,1,14H2,2H3/b13-10+. The van der Waals surface area contributed by atoms with Crippen LogP contribution in [0.4, 0.5) is 0 Å². The van der Waals surface area contributed by atoms with E-state index >= 15 is 0 Å². The molecule has 0 aliphatic carbocycles. The number of carbonyl (C=O) groups excluding carboxylic acids is 1. The Morgan fingerprint density at radius 1 is 1.15 bits per heavy atom. The van der Waals surface area contributed by atoms with Crippen LogP contribution in [0.1, 0.15) is 21.6 Å². The molecule has 0 atom stereocenters. The number of rotatable bonds is 5. The van der Waals surface area contributed by atoms with Gasteiger partial charge in [-0.25, -0.2) is 4.52 Å². The maximum Gasteiger partial charge on any atom is 0.191 e. The van der Waals surface area contributed by atoms with Gasteiger partial charge in [0, 0.05) is 6.54 Å². The Kier molecular flexibility index (Phi) is 4.12. The lowest BCUT2D eigenvalue weighted by molar-refractivity contribution is 0.104. The molecule has 0 saturated heterocycles. The van der Waals surface area contributed by atoms with Crippen molar-refractivity contribution in [2.24, 2.45) is 0 Å². The molecule has 0 fully saturated rings. The number of allylic oxidation sites excluding steroid dienone is 2. The molecule has 0 saturated carbocycles. The highest BCUT2D eigenvalue weighted by atomic mass is 16.3. The minimum atomic E-state index is -0.108. The van der Waals surface area contributed by atoms with Gasteiger partial charge < -0.3 is 9.67 Å². The zero-order valence-electron chi connectivity index (χ0n) is 15.0. The Morgan fingerprint density at radius 2 is 1.85 bits per heavy atom. The third kappa shape index (κ3) is 2.83. The molecule has 5 nitrogen and oxygen atoms in total. The minimum absolute atomic E-state index is 0.108. The van der Waals surface area contributed by atoms with Gasteiger partial charge in [-0.05, 0) is 42.8 Å². The molecule has 2 aromatic heterocycles. The fraction of sp³-hybridized carbons (Fsp3) is 0.0909. The Labute approximate surface area is 156 Å². The van der Waals surface area contributed by atoms with Gasteiger partial charge in [-0.2, -0.15) is 5.10 Å². The van der Waals surface area contributed by atoms with Crippen molar-refractivity contribution >= 4 is 28.5 Å². The number of phenolic OH excluding ortho intramolecular Hbond substituents is 1. The lowest BCUT2D eigenvalue weighted by atomic mass is 10.1. The first-order valence-electron chi connectivity index (χ1n) is 8.69. The summed E-state index contributed by atoms with van der Waals surface area (Å²) < 4.78 is 3.89. The predicted molar refractivity (Wildman–Crippen MR) is 107 cm³/mol. The van der Waals surface area contributed by atoms with E-state index in [0.717, 1.165) is 22.2 Å².